The van der Waals surface area contributed by atoms with E-state index in [-0.39, 0.29) is 24.2 Å². The van der Waals surface area contributed by atoms with Gasteiger partial charge in [0.05, 0.1) is 31.5 Å². The van der Waals surface area contributed by atoms with Gasteiger partial charge in [-0.1, -0.05) is 0 Å². The summed E-state index contributed by atoms with van der Waals surface area (Å²) >= 11 is 0. The molecule has 10 heteroatoms. The van der Waals surface area contributed by atoms with Crippen molar-refractivity contribution in [3.05, 3.63) is 30.0 Å². The molecular weight excluding hydrogens is 388 g/mol. The minimum Gasteiger partial charge on any atom is -0.497 e. The Morgan fingerprint density at radius 1 is 1.30 bits per heavy atom. The van der Waals surface area contributed by atoms with Crippen LogP contribution in [0.25, 0.3) is 11.1 Å². The molecule has 1 atom stereocenters. The summed E-state index contributed by atoms with van der Waals surface area (Å²) in [5, 5.41) is 19.5. The second kappa shape index (κ2) is 7.21. The van der Waals surface area contributed by atoms with Gasteiger partial charge in [0.15, 0.2) is 11.4 Å². The number of aliphatic hydroxyl groups is 1. The summed E-state index contributed by atoms with van der Waals surface area (Å²) in [4.78, 5) is 18.9. The maximum absolute atomic E-state index is 12.2. The van der Waals surface area contributed by atoms with Crippen molar-refractivity contribution in [3.63, 3.8) is 0 Å². The number of methoxy groups -OCH3 is 1. The zero-order chi connectivity index (χ0) is 20.8. The molecule has 0 saturated heterocycles. The number of carbonyl (C=O) groups is 1. The largest absolute Gasteiger partial charge is 0.497 e. The predicted octanol–water partition coefficient (Wildman–Crippen LogP) is 2.26. The highest BCUT2D eigenvalue weighted by Gasteiger charge is 2.31. The first-order chi connectivity index (χ1) is 14.5. The first-order valence-corrected chi connectivity index (χ1v) is 10.0. The van der Waals surface area contributed by atoms with E-state index in [1.165, 1.54) is 0 Å². The van der Waals surface area contributed by atoms with Gasteiger partial charge in [-0.15, -0.1) is 0 Å². The number of ether oxygens (including phenoxy) is 1. The highest BCUT2D eigenvalue weighted by molar-refractivity contribution is 5.88. The SMILES string of the molecule is COc1ccc2oc(N3CCn4nc(NC(=O)N[C@H]5C[C@@H](O)C5)cc4C3C)nc2c1. The average Bonchev–Trinajstić information content (AvgIpc) is 3.30. The molecule has 2 aromatic heterocycles. The Kier molecular flexibility index (Phi) is 4.50. The molecule has 3 N–H and O–H groups in total. The van der Waals surface area contributed by atoms with Gasteiger partial charge < -0.3 is 24.5 Å². The van der Waals surface area contributed by atoms with Gasteiger partial charge in [-0.2, -0.15) is 10.1 Å². The second-order valence-electron chi connectivity index (χ2n) is 7.80. The maximum atomic E-state index is 12.2. The molecule has 1 aromatic carbocycles. The predicted molar refractivity (Wildman–Crippen MR) is 110 cm³/mol. The van der Waals surface area contributed by atoms with Crippen LogP contribution in [0.4, 0.5) is 16.6 Å². The number of benzene rings is 1. The summed E-state index contributed by atoms with van der Waals surface area (Å²) in [5.74, 6) is 1.23. The summed E-state index contributed by atoms with van der Waals surface area (Å²) in [6.45, 7) is 3.40. The molecule has 5 rings (SSSR count). The van der Waals surface area contributed by atoms with Gasteiger partial charge >= 0.3 is 6.03 Å². The van der Waals surface area contributed by atoms with Gasteiger partial charge in [-0.25, -0.2) is 4.79 Å². The van der Waals surface area contributed by atoms with Crippen LogP contribution in [0.15, 0.2) is 28.7 Å². The van der Waals surface area contributed by atoms with Crippen molar-refractivity contribution in [2.45, 2.75) is 44.5 Å². The van der Waals surface area contributed by atoms with E-state index in [9.17, 15) is 9.90 Å². The first-order valence-electron chi connectivity index (χ1n) is 10.0. The molecule has 3 aromatic rings. The number of oxazole rings is 1. The quantitative estimate of drug-likeness (QED) is 0.602. The number of fused-ring (bicyclic) bond motifs is 2. The fourth-order valence-corrected chi connectivity index (χ4v) is 4.01. The Morgan fingerprint density at radius 2 is 2.13 bits per heavy atom. The Morgan fingerprint density at radius 3 is 2.90 bits per heavy atom. The Labute approximate surface area is 172 Å². The van der Waals surface area contributed by atoms with E-state index in [0.717, 1.165) is 17.0 Å². The molecule has 0 spiro atoms. The number of urea groups is 1. The lowest BCUT2D eigenvalue weighted by Gasteiger charge is -2.32. The summed E-state index contributed by atoms with van der Waals surface area (Å²) in [5.41, 5.74) is 2.42. The number of rotatable bonds is 4. The number of carbonyl (C=O) groups excluding carboxylic acids is 1. The third-order valence-electron chi connectivity index (χ3n) is 5.78. The highest BCUT2D eigenvalue weighted by atomic mass is 16.5. The minimum atomic E-state index is -0.310. The molecule has 158 valence electrons. The van der Waals surface area contributed by atoms with Crippen LogP contribution in [0.2, 0.25) is 0 Å². The standard InChI is InChI=1S/C20H24N6O4/c1-11-16-10-18(23-19(28)21-12-7-13(27)8-12)24-26(16)6-5-25(11)20-22-15-9-14(29-2)3-4-17(15)30-20/h3-4,9-13,27H,5-8H2,1-2H3,(H2,21,23,24,28)/t11?,12-,13+. The number of anilines is 2. The Hall–Kier alpha value is -3.27. The minimum absolute atomic E-state index is 0.0180. The van der Waals surface area contributed by atoms with Crippen molar-refractivity contribution < 1.29 is 19.1 Å². The van der Waals surface area contributed by atoms with E-state index >= 15 is 0 Å². The molecule has 0 bridgehead atoms. The van der Waals surface area contributed by atoms with E-state index < -0.39 is 0 Å². The van der Waals surface area contributed by atoms with Gasteiger partial charge in [0.1, 0.15) is 11.3 Å². The van der Waals surface area contributed by atoms with Gasteiger partial charge in [-0.05, 0) is 31.9 Å². The molecule has 10 nitrogen and oxygen atoms in total. The zero-order valence-corrected chi connectivity index (χ0v) is 16.8. The van der Waals surface area contributed by atoms with Crippen LogP contribution in [0.3, 0.4) is 0 Å². The summed E-state index contributed by atoms with van der Waals surface area (Å²) in [6, 6.07) is 7.66. The molecule has 30 heavy (non-hydrogen) atoms. The van der Waals surface area contributed by atoms with Crippen LogP contribution in [0.1, 0.15) is 31.5 Å². The number of nitrogens with zero attached hydrogens (tertiary/aromatic N) is 4. The highest BCUT2D eigenvalue weighted by Crippen LogP contribution is 2.33. The van der Waals surface area contributed by atoms with Crippen molar-refractivity contribution in [1.29, 1.82) is 0 Å². The molecule has 1 unspecified atom stereocenters. The monoisotopic (exact) mass is 412 g/mol. The lowest BCUT2D eigenvalue weighted by atomic mass is 9.90. The van der Waals surface area contributed by atoms with Crippen LogP contribution in [0, 0.1) is 0 Å². The van der Waals surface area contributed by atoms with Crippen molar-refractivity contribution in [2.75, 3.05) is 23.9 Å². The molecule has 1 aliphatic carbocycles. The number of hydrogen-bond acceptors (Lipinski definition) is 7. The summed E-state index contributed by atoms with van der Waals surface area (Å²) < 4.78 is 13.1. The zero-order valence-electron chi connectivity index (χ0n) is 16.8. The number of aromatic nitrogens is 3. The number of hydrogen-bond donors (Lipinski definition) is 3. The van der Waals surface area contributed by atoms with E-state index in [1.807, 2.05) is 28.9 Å². The first kappa shape index (κ1) is 18.7. The molecule has 3 heterocycles. The fourth-order valence-electron chi connectivity index (χ4n) is 4.01. The van der Waals surface area contributed by atoms with Gasteiger partial charge in [0, 0.05) is 24.7 Å². The van der Waals surface area contributed by atoms with Gasteiger partial charge in [0.2, 0.25) is 0 Å². The lowest BCUT2D eigenvalue weighted by Crippen LogP contribution is -2.48. The molecule has 0 radical (unpaired) electrons. The van der Waals surface area contributed by atoms with Gasteiger partial charge in [0.25, 0.3) is 6.01 Å². The normalized spacial score (nSPS) is 23.0. The number of nitrogens with one attached hydrogen (secondary N) is 2. The number of aliphatic hydroxyl groups excluding tert-OH is 1. The third kappa shape index (κ3) is 3.32. The molecular formula is C20H24N6O4. The van der Waals surface area contributed by atoms with Gasteiger partial charge in [-0.3, -0.25) is 10.00 Å². The molecule has 2 amide bonds. The van der Waals surface area contributed by atoms with Crippen molar-refractivity contribution in [2.24, 2.45) is 0 Å². The van der Waals surface area contributed by atoms with Crippen molar-refractivity contribution in [1.82, 2.24) is 20.1 Å². The van der Waals surface area contributed by atoms with E-state index in [2.05, 4.69) is 32.5 Å². The lowest BCUT2D eigenvalue weighted by molar-refractivity contribution is 0.0671. The van der Waals surface area contributed by atoms with Crippen molar-refractivity contribution in [3.8, 4) is 5.75 Å². The third-order valence-corrected chi connectivity index (χ3v) is 5.78. The van der Waals surface area contributed by atoms with Crippen molar-refractivity contribution >= 4 is 29.0 Å². The van der Waals surface area contributed by atoms with Crippen LogP contribution < -0.4 is 20.3 Å². The maximum Gasteiger partial charge on any atom is 0.320 e. The van der Waals surface area contributed by atoms with Crippen LogP contribution >= 0.6 is 0 Å². The van der Waals surface area contributed by atoms with Crippen LogP contribution in [-0.4, -0.2) is 51.7 Å². The second-order valence-corrected chi connectivity index (χ2v) is 7.80. The Balaban J connectivity index is 1.31. The van der Waals surface area contributed by atoms with E-state index in [4.69, 9.17) is 9.15 Å². The topological polar surface area (TPSA) is 118 Å². The van der Waals surface area contributed by atoms with Crippen LogP contribution in [0.5, 0.6) is 5.75 Å². The summed E-state index contributed by atoms with van der Waals surface area (Å²) in [6.07, 6.45) is 0.875. The fraction of sp³-hybridized carbons (Fsp3) is 0.450. The molecule has 1 saturated carbocycles. The molecule has 2 aliphatic rings. The smallest absolute Gasteiger partial charge is 0.320 e. The Bertz CT molecular complexity index is 1090. The average molecular weight is 412 g/mol. The summed E-state index contributed by atoms with van der Waals surface area (Å²) in [7, 11) is 1.62. The molecule has 1 aliphatic heterocycles. The van der Waals surface area contributed by atoms with E-state index in [0.29, 0.717) is 43.3 Å². The van der Waals surface area contributed by atoms with Crippen LogP contribution in [-0.2, 0) is 6.54 Å². The number of amides is 2. The van der Waals surface area contributed by atoms with E-state index in [1.54, 1.807) is 7.11 Å². The molecule has 1 fully saturated rings.